The van der Waals surface area contributed by atoms with Crippen molar-refractivity contribution in [3.05, 3.63) is 148 Å². The predicted octanol–water partition coefficient (Wildman–Crippen LogP) is 8.09. The van der Waals surface area contributed by atoms with E-state index in [0.717, 1.165) is 51.9 Å². The molecule has 1 fully saturated rings. The Hall–Kier alpha value is -4.52. The molecule has 4 aromatic carbocycles. The number of hydrogen-bond donors (Lipinski definition) is 1. The highest BCUT2D eigenvalue weighted by Crippen LogP contribution is 2.52. The fourth-order valence-electron chi connectivity index (χ4n) is 7.21. The predicted molar refractivity (Wildman–Crippen MR) is 185 cm³/mol. The van der Waals surface area contributed by atoms with E-state index in [1.54, 1.807) is 11.3 Å². The van der Waals surface area contributed by atoms with Crippen LogP contribution < -0.4 is 10.2 Å². The van der Waals surface area contributed by atoms with Crippen molar-refractivity contribution >= 4 is 28.8 Å². The molecule has 2 heterocycles. The number of hydrogen-bond acceptors (Lipinski definition) is 4. The molecule has 46 heavy (non-hydrogen) atoms. The molecule has 1 aliphatic carbocycles. The Morgan fingerprint density at radius 2 is 1.54 bits per heavy atom. The van der Waals surface area contributed by atoms with Gasteiger partial charge in [-0.1, -0.05) is 97.1 Å². The minimum atomic E-state index is -0.946. The minimum absolute atomic E-state index is 0.0372. The fourth-order valence-corrected chi connectivity index (χ4v) is 7.88. The van der Waals surface area contributed by atoms with Gasteiger partial charge < -0.3 is 15.0 Å². The van der Waals surface area contributed by atoms with Gasteiger partial charge in [0.1, 0.15) is 0 Å². The van der Waals surface area contributed by atoms with Crippen LogP contribution in [0.5, 0.6) is 0 Å². The first-order chi connectivity index (χ1) is 22.6. The maximum atomic E-state index is 15.1. The molecule has 1 spiro atoms. The second kappa shape index (κ2) is 13.5. The first-order valence-corrected chi connectivity index (χ1v) is 17.1. The molecular formula is C40H38N2O3S. The van der Waals surface area contributed by atoms with Gasteiger partial charge in [-0.05, 0) is 88.0 Å². The monoisotopic (exact) mass is 626 g/mol. The summed E-state index contributed by atoms with van der Waals surface area (Å²) in [6.45, 7) is 0.887. The largest absolute Gasteiger partial charge is 0.371 e. The molecule has 0 unspecified atom stereocenters. The van der Waals surface area contributed by atoms with Gasteiger partial charge in [0.25, 0.3) is 0 Å². The van der Waals surface area contributed by atoms with Crippen molar-refractivity contribution in [1.82, 2.24) is 5.32 Å². The molecule has 2 amide bonds. The van der Waals surface area contributed by atoms with Crippen molar-refractivity contribution in [2.45, 2.75) is 62.8 Å². The number of carbonyl (C=O) groups excluding carboxylic acids is 2. The number of fused-ring (bicyclic) bond motifs is 2. The smallest absolute Gasteiger partial charge is 0.240 e. The zero-order valence-corrected chi connectivity index (χ0v) is 26.6. The minimum Gasteiger partial charge on any atom is -0.371 e. The van der Waals surface area contributed by atoms with Crippen LogP contribution in [0, 0.1) is 0 Å². The molecule has 1 aromatic heterocycles. The average molecular weight is 627 g/mol. The normalized spacial score (nSPS) is 20.5. The first kappa shape index (κ1) is 30.2. The Labute approximate surface area is 274 Å². The third-order valence-corrected chi connectivity index (χ3v) is 10.2. The van der Waals surface area contributed by atoms with Gasteiger partial charge in [-0.25, -0.2) is 0 Å². The number of benzene rings is 4. The maximum absolute atomic E-state index is 15.1. The van der Waals surface area contributed by atoms with Crippen LogP contribution in [-0.4, -0.2) is 24.0 Å². The van der Waals surface area contributed by atoms with Crippen molar-refractivity contribution in [1.29, 1.82) is 0 Å². The highest BCUT2D eigenvalue weighted by molar-refractivity contribution is 7.08. The molecule has 1 saturated carbocycles. The summed E-state index contributed by atoms with van der Waals surface area (Å²) in [6, 6.07) is 38.3. The summed E-state index contributed by atoms with van der Waals surface area (Å²) < 4.78 is 6.67. The summed E-state index contributed by atoms with van der Waals surface area (Å²) in [5, 5.41) is 7.63. The van der Waals surface area contributed by atoms with Gasteiger partial charge in [0.2, 0.25) is 11.8 Å². The highest BCUT2D eigenvalue weighted by Gasteiger charge is 2.59. The average Bonchev–Trinajstić information content (AvgIpc) is 3.72. The molecule has 3 atom stereocenters. The van der Waals surface area contributed by atoms with Gasteiger partial charge >= 0.3 is 0 Å². The van der Waals surface area contributed by atoms with E-state index < -0.39 is 11.5 Å². The molecule has 6 heteroatoms. The van der Waals surface area contributed by atoms with Crippen molar-refractivity contribution < 1.29 is 14.3 Å². The fraction of sp³-hybridized carbons (Fsp3) is 0.250. The van der Waals surface area contributed by atoms with E-state index in [9.17, 15) is 4.79 Å². The number of ether oxygens (including phenoxy) is 1. The third-order valence-electron chi connectivity index (χ3n) is 9.50. The lowest BCUT2D eigenvalue weighted by Gasteiger charge is -2.45. The van der Waals surface area contributed by atoms with Crippen LogP contribution >= 0.6 is 11.3 Å². The summed E-state index contributed by atoms with van der Waals surface area (Å²) in [7, 11) is 0. The molecule has 232 valence electrons. The van der Waals surface area contributed by atoms with E-state index in [0.29, 0.717) is 32.4 Å². The second-order valence-electron chi connectivity index (χ2n) is 12.4. The Morgan fingerprint density at radius 1 is 0.848 bits per heavy atom. The number of nitrogens with one attached hydrogen (secondary N) is 1. The number of aryl methyl sites for hydroxylation is 1. The number of anilines is 1. The van der Waals surface area contributed by atoms with Gasteiger partial charge in [-0.2, -0.15) is 11.3 Å². The van der Waals surface area contributed by atoms with E-state index in [-0.39, 0.29) is 17.9 Å². The molecule has 1 aliphatic heterocycles. The maximum Gasteiger partial charge on any atom is 0.240 e. The van der Waals surface area contributed by atoms with E-state index in [1.807, 2.05) is 71.6 Å². The Balaban J connectivity index is 1.28. The third kappa shape index (κ3) is 6.03. The molecule has 5 aromatic rings. The lowest BCUT2D eigenvalue weighted by atomic mass is 9.65. The molecule has 1 N–H and O–H groups in total. The summed E-state index contributed by atoms with van der Waals surface area (Å²) >= 11 is 1.66. The second-order valence-corrected chi connectivity index (χ2v) is 13.1. The molecule has 0 radical (unpaired) electrons. The van der Waals surface area contributed by atoms with Gasteiger partial charge in [0.15, 0.2) is 0 Å². The van der Waals surface area contributed by atoms with Crippen LogP contribution in [0.2, 0.25) is 0 Å². The van der Waals surface area contributed by atoms with Gasteiger partial charge in [-0.3, -0.25) is 9.59 Å². The van der Waals surface area contributed by atoms with Crippen LogP contribution in [0.4, 0.5) is 5.69 Å². The first-order valence-electron chi connectivity index (χ1n) is 16.1. The number of amides is 2. The number of nitrogens with zero attached hydrogens (tertiary/aromatic N) is 1. The highest BCUT2D eigenvalue weighted by atomic mass is 32.1. The van der Waals surface area contributed by atoms with E-state index in [4.69, 9.17) is 4.74 Å². The lowest BCUT2D eigenvalue weighted by Crippen LogP contribution is -2.63. The number of rotatable bonds is 10. The molecule has 0 saturated heterocycles. The van der Waals surface area contributed by atoms with Crippen LogP contribution in [0.15, 0.2) is 126 Å². The zero-order chi connectivity index (χ0) is 31.3. The van der Waals surface area contributed by atoms with E-state index in [1.165, 1.54) is 0 Å². The summed E-state index contributed by atoms with van der Waals surface area (Å²) in [6.07, 6.45) is 2.88. The van der Waals surface area contributed by atoms with Gasteiger partial charge in [0, 0.05) is 12.1 Å². The Morgan fingerprint density at radius 3 is 2.24 bits per heavy atom. The van der Waals surface area contributed by atoms with Crippen molar-refractivity contribution in [3.63, 3.8) is 0 Å². The number of thiophene rings is 1. The molecule has 7 rings (SSSR count). The lowest BCUT2D eigenvalue weighted by molar-refractivity contribution is -0.133. The van der Waals surface area contributed by atoms with Crippen LogP contribution in [0.3, 0.4) is 0 Å². The van der Waals surface area contributed by atoms with Crippen LogP contribution in [0.1, 0.15) is 47.9 Å². The summed E-state index contributed by atoms with van der Waals surface area (Å²) in [4.78, 5) is 30.8. The van der Waals surface area contributed by atoms with Crippen LogP contribution in [-0.2, 0) is 39.3 Å². The van der Waals surface area contributed by atoms with Crippen molar-refractivity contribution in [2.24, 2.45) is 0 Å². The zero-order valence-electron chi connectivity index (χ0n) is 25.8. The molecular weight excluding hydrogens is 589 g/mol. The van der Waals surface area contributed by atoms with Crippen molar-refractivity contribution in [3.8, 4) is 11.1 Å². The Kier molecular flexibility index (Phi) is 8.82. The van der Waals surface area contributed by atoms with Gasteiger partial charge in [-0.15, -0.1) is 0 Å². The molecule has 5 nitrogen and oxygen atoms in total. The molecule has 2 aliphatic rings. The topological polar surface area (TPSA) is 58.6 Å². The molecule has 0 bridgehead atoms. The SMILES string of the molecule is O=C(CCc1ccccc1)N[C@H]1[C@H](OCc2ccccc2)CCC[C@@]12C(=O)N(Cc1ccccc1)c1ccc(-c3ccsc3)cc12. The van der Waals surface area contributed by atoms with Crippen molar-refractivity contribution in [2.75, 3.05) is 4.90 Å². The van der Waals surface area contributed by atoms with E-state index >= 15 is 4.79 Å². The summed E-state index contributed by atoms with van der Waals surface area (Å²) in [5.41, 5.74) is 6.42. The summed E-state index contributed by atoms with van der Waals surface area (Å²) in [5.74, 6) is -0.0246. The van der Waals surface area contributed by atoms with Crippen LogP contribution in [0.25, 0.3) is 11.1 Å². The van der Waals surface area contributed by atoms with E-state index in [2.05, 4.69) is 64.6 Å². The Bertz CT molecular complexity index is 1780. The standard InChI is InChI=1S/C40H38N2O3S/c43-37(21-18-29-11-4-1-5-12-29)41-38-36(45-27-31-15-8-3-9-16-31)17-10-23-40(38)34-25-32(33-22-24-46-28-33)19-20-35(34)42(39(40)44)26-30-13-6-2-7-14-30/h1-9,11-16,19-20,22,24-25,28,36,38H,10,17-18,21,23,26-27H2,(H,41,43)/t36-,38+,40+/m1/s1. The quantitative estimate of drug-likeness (QED) is 0.171. The number of carbonyl (C=O) groups is 2. The van der Waals surface area contributed by atoms with Gasteiger partial charge in [0.05, 0.1) is 30.7 Å².